The topological polar surface area (TPSA) is 38.9 Å². The molecule has 0 atom stereocenters. The van der Waals surface area contributed by atoms with E-state index in [-0.39, 0.29) is 0 Å². The maximum atomic E-state index is 5.84. The van der Waals surface area contributed by atoms with Crippen LogP contribution in [-0.4, -0.2) is 4.98 Å². The van der Waals surface area contributed by atoms with Crippen molar-refractivity contribution in [3.63, 3.8) is 0 Å². The number of nitrogen functional groups attached to an aromatic ring is 1. The fraction of sp³-hybridized carbons (Fsp3) is 0.308. The van der Waals surface area contributed by atoms with E-state index in [0.29, 0.717) is 11.0 Å². The van der Waals surface area contributed by atoms with Gasteiger partial charge in [0.1, 0.15) is 0 Å². The Labute approximate surface area is 133 Å². The fourth-order valence-electron chi connectivity index (χ4n) is 1.81. The molecule has 96 valence electrons. The summed E-state index contributed by atoms with van der Waals surface area (Å²) in [5.74, 6) is 0.415. The average molecular weight is 437 g/mol. The monoisotopic (exact) mass is 436 g/mol. The van der Waals surface area contributed by atoms with Gasteiger partial charge < -0.3 is 5.73 Å². The normalized spacial score (nSPS) is 11.2. The van der Waals surface area contributed by atoms with Crippen LogP contribution in [0.1, 0.15) is 35.9 Å². The molecule has 0 aliphatic heterocycles. The lowest BCUT2D eigenvalue weighted by molar-refractivity contribution is 0.820. The molecule has 0 saturated heterocycles. The van der Waals surface area contributed by atoms with Crippen LogP contribution in [0, 0.1) is 3.57 Å². The first-order valence-corrected chi connectivity index (χ1v) is 8.35. The minimum atomic E-state index is 0.415. The molecule has 1 aromatic heterocycles. The van der Waals surface area contributed by atoms with Gasteiger partial charge in [-0.15, -0.1) is 11.3 Å². The summed E-state index contributed by atoms with van der Waals surface area (Å²) in [7, 11) is 0. The molecule has 0 fully saturated rings. The second-order valence-corrected chi connectivity index (χ2v) is 7.62. The summed E-state index contributed by atoms with van der Waals surface area (Å²) < 4.78 is 2.39. The standard InChI is InChI=1S/C13H14BrIN2S/c1-7(2)12-11(18-13(16)17-12)6-8-5-9(14)3-4-10(8)15/h3-5,7H,6H2,1-2H3,(H2,16,17). The Morgan fingerprint density at radius 1 is 1.44 bits per heavy atom. The average Bonchev–Trinajstić information content (AvgIpc) is 2.65. The number of nitrogens with zero attached hydrogens (tertiary/aromatic N) is 1. The van der Waals surface area contributed by atoms with E-state index in [0.717, 1.165) is 16.6 Å². The van der Waals surface area contributed by atoms with Gasteiger partial charge in [0, 0.05) is 19.3 Å². The number of halogens is 2. The quantitative estimate of drug-likeness (QED) is 0.701. The third-order valence-electron chi connectivity index (χ3n) is 2.65. The Morgan fingerprint density at radius 2 is 2.17 bits per heavy atom. The van der Waals surface area contributed by atoms with Crippen molar-refractivity contribution in [1.29, 1.82) is 0 Å². The number of thiazole rings is 1. The van der Waals surface area contributed by atoms with Crippen LogP contribution in [0.5, 0.6) is 0 Å². The molecule has 1 heterocycles. The predicted octanol–water partition coefficient (Wildman–Crippen LogP) is 4.81. The van der Waals surface area contributed by atoms with Crippen LogP contribution < -0.4 is 5.73 Å². The first kappa shape index (κ1) is 14.3. The van der Waals surface area contributed by atoms with Crippen LogP contribution in [-0.2, 0) is 6.42 Å². The number of rotatable bonds is 3. The van der Waals surface area contributed by atoms with E-state index in [1.54, 1.807) is 11.3 Å². The van der Waals surface area contributed by atoms with Gasteiger partial charge in [0.25, 0.3) is 0 Å². The maximum Gasteiger partial charge on any atom is 0.180 e. The highest BCUT2D eigenvalue weighted by atomic mass is 127. The molecule has 0 spiro atoms. The zero-order valence-electron chi connectivity index (χ0n) is 10.2. The molecule has 0 aliphatic carbocycles. The van der Waals surface area contributed by atoms with Gasteiger partial charge in [-0.1, -0.05) is 29.8 Å². The molecule has 0 unspecified atom stereocenters. The Hall–Kier alpha value is -0.140. The van der Waals surface area contributed by atoms with Gasteiger partial charge in [0.15, 0.2) is 5.13 Å². The van der Waals surface area contributed by atoms with Crippen LogP contribution >= 0.6 is 49.9 Å². The smallest absolute Gasteiger partial charge is 0.180 e. The van der Waals surface area contributed by atoms with Gasteiger partial charge in [-0.25, -0.2) is 4.98 Å². The van der Waals surface area contributed by atoms with Gasteiger partial charge in [-0.05, 0) is 52.3 Å². The molecule has 1 aromatic carbocycles. The van der Waals surface area contributed by atoms with E-state index in [9.17, 15) is 0 Å². The SMILES string of the molecule is CC(C)c1nc(N)sc1Cc1cc(Br)ccc1I. The molecule has 5 heteroatoms. The first-order valence-electron chi connectivity index (χ1n) is 5.66. The van der Waals surface area contributed by atoms with Crippen molar-refractivity contribution < 1.29 is 0 Å². The molecule has 0 bridgehead atoms. The number of nitrogens with two attached hydrogens (primary N) is 1. The predicted molar refractivity (Wildman–Crippen MR) is 90.3 cm³/mol. The summed E-state index contributed by atoms with van der Waals surface area (Å²) in [4.78, 5) is 5.72. The number of aromatic nitrogens is 1. The molecule has 2 rings (SSSR count). The molecule has 0 aliphatic rings. The second kappa shape index (κ2) is 5.88. The van der Waals surface area contributed by atoms with Gasteiger partial charge in [-0.3, -0.25) is 0 Å². The van der Waals surface area contributed by atoms with Crippen LogP contribution in [0.4, 0.5) is 5.13 Å². The zero-order chi connectivity index (χ0) is 13.3. The highest BCUT2D eigenvalue weighted by molar-refractivity contribution is 14.1. The Morgan fingerprint density at radius 3 is 2.83 bits per heavy atom. The summed E-state index contributed by atoms with van der Waals surface area (Å²) >= 11 is 7.49. The van der Waals surface area contributed by atoms with Gasteiger partial charge in [0.2, 0.25) is 0 Å². The molecule has 18 heavy (non-hydrogen) atoms. The van der Waals surface area contributed by atoms with Crippen molar-refractivity contribution in [3.8, 4) is 0 Å². The number of anilines is 1. The van der Waals surface area contributed by atoms with E-state index >= 15 is 0 Å². The lowest BCUT2D eigenvalue weighted by Gasteiger charge is -2.07. The Bertz CT molecular complexity index is 566. The molecule has 2 N–H and O–H groups in total. The minimum absolute atomic E-state index is 0.415. The van der Waals surface area contributed by atoms with Crippen LogP contribution in [0.3, 0.4) is 0 Å². The summed E-state index contributed by atoms with van der Waals surface area (Å²) in [6.07, 6.45) is 0.903. The first-order chi connectivity index (χ1) is 8.47. The van der Waals surface area contributed by atoms with Gasteiger partial charge in [-0.2, -0.15) is 0 Å². The minimum Gasteiger partial charge on any atom is -0.375 e. The van der Waals surface area contributed by atoms with E-state index < -0.39 is 0 Å². The number of hydrogen-bond acceptors (Lipinski definition) is 3. The number of hydrogen-bond donors (Lipinski definition) is 1. The van der Waals surface area contributed by atoms with Crippen LogP contribution in [0.15, 0.2) is 22.7 Å². The third-order valence-corrected chi connectivity index (χ3v) is 5.10. The van der Waals surface area contributed by atoms with Gasteiger partial charge in [0.05, 0.1) is 5.69 Å². The molecular weight excluding hydrogens is 423 g/mol. The van der Waals surface area contributed by atoms with E-state index in [1.165, 1.54) is 14.0 Å². The van der Waals surface area contributed by atoms with Crippen LogP contribution in [0.25, 0.3) is 0 Å². The summed E-state index contributed by atoms with van der Waals surface area (Å²) in [5.41, 5.74) is 8.28. The van der Waals surface area contributed by atoms with E-state index in [4.69, 9.17) is 5.73 Å². The van der Waals surface area contributed by atoms with Crippen molar-refractivity contribution in [1.82, 2.24) is 4.98 Å². The van der Waals surface area contributed by atoms with E-state index in [2.05, 4.69) is 75.6 Å². The highest BCUT2D eigenvalue weighted by Crippen LogP contribution is 2.30. The Balaban J connectivity index is 2.36. The summed E-state index contributed by atoms with van der Waals surface area (Å²) in [5, 5.41) is 0.665. The summed E-state index contributed by atoms with van der Waals surface area (Å²) in [6.45, 7) is 4.31. The maximum absolute atomic E-state index is 5.84. The molecular formula is C13H14BrIN2S. The number of benzene rings is 1. The molecule has 0 amide bonds. The van der Waals surface area contributed by atoms with Crippen molar-refractivity contribution in [3.05, 3.63) is 42.4 Å². The molecule has 2 nitrogen and oxygen atoms in total. The third kappa shape index (κ3) is 3.24. The van der Waals surface area contributed by atoms with Crippen molar-refractivity contribution in [2.75, 3.05) is 5.73 Å². The molecule has 0 saturated carbocycles. The largest absolute Gasteiger partial charge is 0.375 e. The fourth-order valence-corrected chi connectivity index (χ4v) is 3.76. The lowest BCUT2D eigenvalue weighted by Crippen LogP contribution is -1.97. The zero-order valence-corrected chi connectivity index (χ0v) is 14.8. The molecule has 2 aromatic rings. The van der Waals surface area contributed by atoms with Crippen molar-refractivity contribution in [2.45, 2.75) is 26.2 Å². The van der Waals surface area contributed by atoms with Crippen molar-refractivity contribution in [2.24, 2.45) is 0 Å². The highest BCUT2D eigenvalue weighted by Gasteiger charge is 2.14. The van der Waals surface area contributed by atoms with E-state index in [1.807, 2.05) is 0 Å². The lowest BCUT2D eigenvalue weighted by atomic mass is 10.1. The van der Waals surface area contributed by atoms with Crippen molar-refractivity contribution >= 4 is 55.0 Å². The molecule has 0 radical (unpaired) electrons. The van der Waals surface area contributed by atoms with Crippen LogP contribution in [0.2, 0.25) is 0 Å². The second-order valence-electron chi connectivity index (χ2n) is 4.43. The Kier molecular flexibility index (Phi) is 4.66. The van der Waals surface area contributed by atoms with Gasteiger partial charge >= 0.3 is 0 Å². The summed E-state index contributed by atoms with van der Waals surface area (Å²) in [6, 6.07) is 6.36.